The normalized spacial score (nSPS) is 10.5. The molecule has 0 aliphatic heterocycles. The number of hydrogen-bond donors (Lipinski definition) is 0. The third kappa shape index (κ3) is 1.97. The van der Waals surface area contributed by atoms with Gasteiger partial charge in [-0.2, -0.15) is 0 Å². The van der Waals surface area contributed by atoms with Crippen LogP contribution in [0.4, 0.5) is 0 Å². The van der Waals surface area contributed by atoms with Crippen molar-refractivity contribution >= 4 is 53.9 Å². The third-order valence-electron chi connectivity index (χ3n) is 3.37. The Balaban J connectivity index is 2.10. The van der Waals surface area contributed by atoms with Crippen molar-refractivity contribution in [3.05, 3.63) is 34.3 Å². The SMILES string of the molecule is CC#Cc1nc2ccc3c(ccc4nc(C#CC)sc43)c2s1. The van der Waals surface area contributed by atoms with E-state index in [-0.39, 0.29) is 0 Å². The van der Waals surface area contributed by atoms with Gasteiger partial charge in [0, 0.05) is 10.8 Å². The van der Waals surface area contributed by atoms with Crippen LogP contribution in [0.15, 0.2) is 24.3 Å². The second kappa shape index (κ2) is 5.10. The van der Waals surface area contributed by atoms with Crippen LogP contribution in [0, 0.1) is 23.7 Å². The minimum atomic E-state index is 0.868. The molecule has 4 rings (SSSR count). The van der Waals surface area contributed by atoms with Crippen LogP contribution in [0.3, 0.4) is 0 Å². The molecule has 0 radical (unpaired) electrons. The van der Waals surface area contributed by atoms with E-state index in [0.29, 0.717) is 0 Å². The molecule has 2 aromatic carbocycles. The van der Waals surface area contributed by atoms with E-state index in [4.69, 9.17) is 0 Å². The quantitative estimate of drug-likeness (QED) is 0.435. The fourth-order valence-electron chi connectivity index (χ4n) is 2.50. The maximum atomic E-state index is 4.58. The maximum Gasteiger partial charge on any atom is 0.168 e. The highest BCUT2D eigenvalue weighted by molar-refractivity contribution is 7.21. The summed E-state index contributed by atoms with van der Waals surface area (Å²) in [5.74, 6) is 11.9. The monoisotopic (exact) mass is 318 g/mol. The first kappa shape index (κ1) is 13.3. The smallest absolute Gasteiger partial charge is 0.168 e. The van der Waals surface area contributed by atoms with Gasteiger partial charge in [0.1, 0.15) is 0 Å². The summed E-state index contributed by atoms with van der Waals surface area (Å²) in [5.41, 5.74) is 2.01. The fourth-order valence-corrected chi connectivity index (χ4v) is 4.49. The van der Waals surface area contributed by atoms with Gasteiger partial charge in [-0.3, -0.25) is 0 Å². The summed E-state index contributed by atoms with van der Waals surface area (Å²) in [7, 11) is 0. The zero-order chi connectivity index (χ0) is 15.1. The largest absolute Gasteiger partial charge is 0.228 e. The van der Waals surface area contributed by atoms with Crippen molar-refractivity contribution in [2.75, 3.05) is 0 Å². The number of rotatable bonds is 0. The van der Waals surface area contributed by atoms with E-state index >= 15 is 0 Å². The number of hydrogen-bond acceptors (Lipinski definition) is 4. The van der Waals surface area contributed by atoms with Gasteiger partial charge in [0.25, 0.3) is 0 Å². The number of benzene rings is 2. The first-order valence-corrected chi connectivity index (χ1v) is 8.42. The number of fused-ring (bicyclic) bond motifs is 5. The molecule has 2 nitrogen and oxygen atoms in total. The summed E-state index contributed by atoms with van der Waals surface area (Å²) in [4.78, 5) is 9.16. The number of aromatic nitrogens is 2. The molecule has 104 valence electrons. The summed E-state index contributed by atoms with van der Waals surface area (Å²) < 4.78 is 2.38. The average Bonchev–Trinajstić information content (AvgIpc) is 3.10. The molecule has 0 saturated carbocycles. The predicted molar refractivity (Wildman–Crippen MR) is 95.4 cm³/mol. The molecule has 0 unspecified atom stereocenters. The second-order valence-corrected chi connectivity index (χ2v) is 6.71. The lowest BCUT2D eigenvalue weighted by Crippen LogP contribution is -1.76. The zero-order valence-electron chi connectivity index (χ0n) is 12.0. The average molecular weight is 318 g/mol. The molecule has 4 heteroatoms. The van der Waals surface area contributed by atoms with Gasteiger partial charge in [-0.25, -0.2) is 9.97 Å². The Hall–Kier alpha value is -2.40. The van der Waals surface area contributed by atoms with Crippen LogP contribution < -0.4 is 0 Å². The summed E-state index contributed by atoms with van der Waals surface area (Å²) in [6.07, 6.45) is 0. The Morgan fingerprint density at radius 1 is 0.727 bits per heavy atom. The Labute approximate surface area is 135 Å². The molecule has 22 heavy (non-hydrogen) atoms. The highest BCUT2D eigenvalue weighted by atomic mass is 32.1. The van der Waals surface area contributed by atoms with E-state index in [0.717, 1.165) is 21.0 Å². The predicted octanol–water partition coefficient (Wildman–Crippen LogP) is 4.80. The van der Waals surface area contributed by atoms with Crippen molar-refractivity contribution in [3.8, 4) is 23.7 Å². The molecule has 0 amide bonds. The molecule has 2 heterocycles. The van der Waals surface area contributed by atoms with Gasteiger partial charge in [-0.15, -0.1) is 22.7 Å². The van der Waals surface area contributed by atoms with Gasteiger partial charge in [-0.05, 0) is 37.8 Å². The van der Waals surface area contributed by atoms with E-state index in [9.17, 15) is 0 Å². The van der Waals surface area contributed by atoms with E-state index < -0.39 is 0 Å². The minimum absolute atomic E-state index is 0.868. The van der Waals surface area contributed by atoms with E-state index in [1.807, 2.05) is 13.8 Å². The third-order valence-corrected chi connectivity index (χ3v) is 5.41. The summed E-state index contributed by atoms with van der Waals surface area (Å²) in [5, 5.41) is 4.16. The highest BCUT2D eigenvalue weighted by Crippen LogP contribution is 2.36. The molecule has 4 aromatic rings. The molecule has 0 fully saturated rings. The van der Waals surface area contributed by atoms with Crippen LogP contribution in [0.2, 0.25) is 0 Å². The lowest BCUT2D eigenvalue weighted by Gasteiger charge is -1.99. The Morgan fingerprint density at radius 2 is 1.18 bits per heavy atom. The van der Waals surface area contributed by atoms with Gasteiger partial charge in [0.2, 0.25) is 0 Å². The Bertz CT molecular complexity index is 1060. The van der Waals surface area contributed by atoms with Gasteiger partial charge in [-0.1, -0.05) is 24.0 Å². The maximum absolute atomic E-state index is 4.58. The summed E-state index contributed by atoms with van der Waals surface area (Å²) in [6, 6.07) is 8.40. The fraction of sp³-hybridized carbons (Fsp3) is 0.111. The first-order chi connectivity index (χ1) is 10.8. The van der Waals surface area contributed by atoms with Gasteiger partial charge in [0.05, 0.1) is 20.4 Å². The van der Waals surface area contributed by atoms with Crippen LogP contribution in [-0.4, -0.2) is 9.97 Å². The lowest BCUT2D eigenvalue weighted by molar-refractivity contribution is 1.45. The zero-order valence-corrected chi connectivity index (χ0v) is 13.7. The first-order valence-electron chi connectivity index (χ1n) is 6.78. The van der Waals surface area contributed by atoms with Crippen LogP contribution >= 0.6 is 22.7 Å². The van der Waals surface area contributed by atoms with Crippen molar-refractivity contribution in [1.29, 1.82) is 0 Å². The van der Waals surface area contributed by atoms with Crippen LogP contribution in [0.25, 0.3) is 31.2 Å². The van der Waals surface area contributed by atoms with Crippen LogP contribution in [-0.2, 0) is 0 Å². The number of nitrogens with zero attached hydrogens (tertiary/aromatic N) is 2. The molecular formula is C18H10N2S2. The molecule has 0 aliphatic carbocycles. The molecule has 0 saturated heterocycles. The van der Waals surface area contributed by atoms with E-state index in [1.165, 1.54) is 20.2 Å². The molecule has 0 atom stereocenters. The number of thiazole rings is 2. The molecule has 2 aromatic heterocycles. The van der Waals surface area contributed by atoms with Crippen molar-refractivity contribution in [2.24, 2.45) is 0 Å². The molecule has 0 aliphatic rings. The van der Waals surface area contributed by atoms with Gasteiger partial charge in [0.15, 0.2) is 10.0 Å². The van der Waals surface area contributed by atoms with E-state index in [2.05, 4.69) is 57.9 Å². The Morgan fingerprint density at radius 3 is 1.59 bits per heavy atom. The highest BCUT2D eigenvalue weighted by Gasteiger charge is 2.11. The minimum Gasteiger partial charge on any atom is -0.228 e. The second-order valence-electron chi connectivity index (χ2n) is 4.71. The van der Waals surface area contributed by atoms with Crippen LogP contribution in [0.1, 0.15) is 23.9 Å². The van der Waals surface area contributed by atoms with Crippen molar-refractivity contribution in [1.82, 2.24) is 9.97 Å². The standard InChI is InChI=1S/C18H10N2S2/c1-3-5-15-19-13-9-7-12-11(17(13)21-15)8-10-14-18(12)22-16(20-14)6-4-2/h7-10H,1-2H3. The van der Waals surface area contributed by atoms with Gasteiger partial charge >= 0.3 is 0 Å². The Kier molecular flexibility index (Phi) is 3.08. The molecular weight excluding hydrogens is 308 g/mol. The van der Waals surface area contributed by atoms with Gasteiger partial charge < -0.3 is 0 Å². The van der Waals surface area contributed by atoms with Crippen LogP contribution in [0.5, 0.6) is 0 Å². The van der Waals surface area contributed by atoms with Crippen molar-refractivity contribution < 1.29 is 0 Å². The molecule has 0 bridgehead atoms. The van der Waals surface area contributed by atoms with E-state index in [1.54, 1.807) is 22.7 Å². The lowest BCUT2D eigenvalue weighted by atomic mass is 10.1. The topological polar surface area (TPSA) is 25.8 Å². The summed E-state index contributed by atoms with van der Waals surface area (Å²) >= 11 is 3.30. The van der Waals surface area contributed by atoms with Crippen molar-refractivity contribution in [3.63, 3.8) is 0 Å². The molecule has 0 N–H and O–H groups in total. The van der Waals surface area contributed by atoms with Crippen molar-refractivity contribution in [2.45, 2.75) is 13.8 Å². The summed E-state index contributed by atoms with van der Waals surface area (Å²) in [6.45, 7) is 3.67. The molecule has 0 spiro atoms.